The second kappa shape index (κ2) is 6.65. The molecule has 7 nitrogen and oxygen atoms in total. The summed E-state index contributed by atoms with van der Waals surface area (Å²) >= 11 is 0. The fraction of sp³-hybridized carbons (Fsp3) is 0.467. The summed E-state index contributed by atoms with van der Waals surface area (Å²) in [5, 5.41) is 14.2. The maximum atomic E-state index is 10.7. The van der Waals surface area contributed by atoms with E-state index in [-0.39, 0.29) is 5.69 Å². The molecule has 1 aliphatic heterocycles. The molecule has 2 heterocycles. The highest BCUT2D eigenvalue weighted by Gasteiger charge is 2.13. The largest absolute Gasteiger partial charge is 0.476 e. The van der Waals surface area contributed by atoms with Crippen LogP contribution >= 0.6 is 0 Å². The van der Waals surface area contributed by atoms with Gasteiger partial charge >= 0.3 is 0 Å². The third kappa shape index (κ3) is 3.48. The van der Waals surface area contributed by atoms with Crippen LogP contribution < -0.4 is 10.1 Å². The standard InChI is InChI=1S/C15H18N4O3/c20-19(21)12-4-5-13-14(9-12)17-10-15(18-13)22-8-6-11-3-1-2-7-16-11/h4-5,9-11,16H,1-3,6-8H2. The Morgan fingerprint density at radius 2 is 2.27 bits per heavy atom. The van der Waals surface area contributed by atoms with Crippen molar-refractivity contribution in [2.45, 2.75) is 31.7 Å². The lowest BCUT2D eigenvalue weighted by Gasteiger charge is -2.23. The Balaban J connectivity index is 1.62. The number of benzene rings is 1. The Morgan fingerprint density at radius 3 is 3.05 bits per heavy atom. The average molecular weight is 302 g/mol. The molecule has 1 aromatic heterocycles. The van der Waals surface area contributed by atoms with Gasteiger partial charge in [-0.05, 0) is 31.9 Å². The van der Waals surface area contributed by atoms with Crippen LogP contribution in [0.25, 0.3) is 11.0 Å². The van der Waals surface area contributed by atoms with Gasteiger partial charge in [-0.1, -0.05) is 6.42 Å². The van der Waals surface area contributed by atoms with Gasteiger partial charge in [-0.3, -0.25) is 10.1 Å². The van der Waals surface area contributed by atoms with Crippen molar-refractivity contribution in [3.05, 3.63) is 34.5 Å². The number of nitrogens with one attached hydrogen (secondary N) is 1. The maximum absolute atomic E-state index is 10.7. The Morgan fingerprint density at radius 1 is 1.36 bits per heavy atom. The zero-order valence-corrected chi connectivity index (χ0v) is 12.2. The summed E-state index contributed by atoms with van der Waals surface area (Å²) in [6.45, 7) is 1.67. The molecule has 1 aromatic carbocycles. The van der Waals surface area contributed by atoms with Gasteiger partial charge in [0.25, 0.3) is 5.69 Å². The maximum Gasteiger partial charge on any atom is 0.271 e. The minimum atomic E-state index is -0.442. The molecule has 1 aliphatic rings. The minimum absolute atomic E-state index is 0.0128. The van der Waals surface area contributed by atoms with Crippen LogP contribution in [0.1, 0.15) is 25.7 Å². The Hall–Kier alpha value is -2.28. The Labute approximate surface area is 127 Å². The first-order chi connectivity index (χ1) is 10.7. The number of ether oxygens (including phenoxy) is 1. The summed E-state index contributed by atoms with van der Waals surface area (Å²) < 4.78 is 5.65. The van der Waals surface area contributed by atoms with Crippen LogP contribution in [0.5, 0.6) is 5.88 Å². The van der Waals surface area contributed by atoms with E-state index in [9.17, 15) is 10.1 Å². The van der Waals surface area contributed by atoms with Crippen molar-refractivity contribution in [1.29, 1.82) is 0 Å². The van der Waals surface area contributed by atoms with Gasteiger partial charge in [-0.25, -0.2) is 9.97 Å². The van der Waals surface area contributed by atoms with E-state index < -0.39 is 4.92 Å². The molecule has 1 N–H and O–H groups in total. The molecule has 7 heteroatoms. The summed E-state index contributed by atoms with van der Waals surface area (Å²) in [4.78, 5) is 18.8. The molecule has 2 aromatic rings. The van der Waals surface area contributed by atoms with Crippen LogP contribution in [-0.2, 0) is 0 Å². The molecule has 0 amide bonds. The molecule has 0 radical (unpaired) electrons. The lowest BCUT2D eigenvalue weighted by atomic mass is 10.0. The monoisotopic (exact) mass is 302 g/mol. The molecule has 116 valence electrons. The number of nitro groups is 1. The highest BCUT2D eigenvalue weighted by Crippen LogP contribution is 2.20. The number of nitrogens with zero attached hydrogens (tertiary/aromatic N) is 3. The summed E-state index contributed by atoms with van der Waals surface area (Å²) in [6.07, 6.45) is 6.17. The number of piperidine rings is 1. The number of non-ortho nitro benzene ring substituents is 1. The molecule has 0 saturated carbocycles. The molecule has 1 unspecified atom stereocenters. The highest BCUT2D eigenvalue weighted by molar-refractivity contribution is 5.77. The van der Waals surface area contributed by atoms with Crippen molar-refractivity contribution in [1.82, 2.24) is 15.3 Å². The summed E-state index contributed by atoms with van der Waals surface area (Å²) in [6, 6.07) is 4.95. The Bertz CT molecular complexity index is 671. The lowest BCUT2D eigenvalue weighted by molar-refractivity contribution is -0.384. The quantitative estimate of drug-likeness (QED) is 0.674. The van der Waals surface area contributed by atoms with E-state index in [1.54, 1.807) is 6.07 Å². The third-order valence-corrected chi connectivity index (χ3v) is 3.84. The highest BCUT2D eigenvalue weighted by atomic mass is 16.6. The first-order valence-electron chi connectivity index (χ1n) is 7.50. The van der Waals surface area contributed by atoms with Crippen LogP contribution in [0, 0.1) is 10.1 Å². The fourth-order valence-electron chi connectivity index (χ4n) is 2.64. The van der Waals surface area contributed by atoms with E-state index in [2.05, 4.69) is 15.3 Å². The molecular formula is C15H18N4O3. The van der Waals surface area contributed by atoms with E-state index in [0.29, 0.717) is 29.6 Å². The molecule has 3 rings (SSSR count). The molecule has 1 atom stereocenters. The van der Waals surface area contributed by atoms with Gasteiger partial charge in [0, 0.05) is 18.2 Å². The summed E-state index contributed by atoms with van der Waals surface area (Å²) in [7, 11) is 0. The third-order valence-electron chi connectivity index (χ3n) is 3.84. The number of aromatic nitrogens is 2. The van der Waals surface area contributed by atoms with Crippen LogP contribution in [0.15, 0.2) is 24.4 Å². The van der Waals surface area contributed by atoms with Crippen LogP contribution in [0.3, 0.4) is 0 Å². The normalized spacial score (nSPS) is 18.3. The van der Waals surface area contributed by atoms with Crippen molar-refractivity contribution in [3.8, 4) is 5.88 Å². The van der Waals surface area contributed by atoms with Crippen LogP contribution in [0.4, 0.5) is 5.69 Å². The summed E-state index contributed by atoms with van der Waals surface area (Å²) in [5.74, 6) is 0.456. The number of nitro benzene ring substituents is 1. The van der Waals surface area contributed by atoms with Crippen molar-refractivity contribution in [2.75, 3.05) is 13.2 Å². The minimum Gasteiger partial charge on any atom is -0.476 e. The first kappa shape index (κ1) is 14.6. The van der Waals surface area contributed by atoms with E-state index in [1.165, 1.54) is 37.6 Å². The van der Waals surface area contributed by atoms with E-state index in [1.807, 2.05) is 0 Å². The SMILES string of the molecule is O=[N+]([O-])c1ccc2nc(OCCC3CCCCN3)cnc2c1. The van der Waals surface area contributed by atoms with E-state index in [4.69, 9.17) is 4.74 Å². The predicted molar refractivity (Wildman–Crippen MR) is 81.9 cm³/mol. The van der Waals surface area contributed by atoms with E-state index in [0.717, 1.165) is 13.0 Å². The van der Waals surface area contributed by atoms with Gasteiger partial charge in [0.1, 0.15) is 0 Å². The van der Waals surface area contributed by atoms with Crippen LogP contribution in [0.2, 0.25) is 0 Å². The molecule has 1 fully saturated rings. The predicted octanol–water partition coefficient (Wildman–Crippen LogP) is 2.45. The van der Waals surface area contributed by atoms with Gasteiger partial charge in [0.05, 0.1) is 28.8 Å². The second-order valence-corrected chi connectivity index (χ2v) is 5.42. The van der Waals surface area contributed by atoms with Gasteiger partial charge in [0.15, 0.2) is 0 Å². The topological polar surface area (TPSA) is 90.2 Å². The zero-order valence-electron chi connectivity index (χ0n) is 12.2. The number of hydrogen-bond acceptors (Lipinski definition) is 6. The molecule has 0 aliphatic carbocycles. The van der Waals surface area contributed by atoms with E-state index >= 15 is 0 Å². The smallest absolute Gasteiger partial charge is 0.271 e. The molecule has 22 heavy (non-hydrogen) atoms. The Kier molecular flexibility index (Phi) is 4.43. The van der Waals surface area contributed by atoms with Crippen molar-refractivity contribution in [2.24, 2.45) is 0 Å². The first-order valence-corrected chi connectivity index (χ1v) is 7.50. The molecular weight excluding hydrogens is 284 g/mol. The van der Waals surface area contributed by atoms with Gasteiger partial charge in [0.2, 0.25) is 5.88 Å². The molecule has 0 spiro atoms. The zero-order chi connectivity index (χ0) is 15.4. The van der Waals surface area contributed by atoms with Gasteiger partial charge < -0.3 is 10.1 Å². The number of fused-ring (bicyclic) bond motifs is 1. The van der Waals surface area contributed by atoms with Gasteiger partial charge in [-0.15, -0.1) is 0 Å². The van der Waals surface area contributed by atoms with Gasteiger partial charge in [-0.2, -0.15) is 0 Å². The lowest BCUT2D eigenvalue weighted by Crippen LogP contribution is -2.35. The number of hydrogen-bond donors (Lipinski definition) is 1. The average Bonchev–Trinajstić information content (AvgIpc) is 2.55. The van der Waals surface area contributed by atoms with Crippen molar-refractivity contribution < 1.29 is 9.66 Å². The molecule has 0 bridgehead atoms. The van der Waals surface area contributed by atoms with Crippen molar-refractivity contribution >= 4 is 16.7 Å². The van der Waals surface area contributed by atoms with Crippen LogP contribution in [-0.4, -0.2) is 34.1 Å². The van der Waals surface area contributed by atoms with Crippen molar-refractivity contribution in [3.63, 3.8) is 0 Å². The molecule has 1 saturated heterocycles. The summed E-state index contributed by atoms with van der Waals surface area (Å²) in [5.41, 5.74) is 1.10. The number of rotatable bonds is 5. The fourth-order valence-corrected chi connectivity index (χ4v) is 2.64. The second-order valence-electron chi connectivity index (χ2n) is 5.42.